The number of aryl methyl sites for hydroxylation is 2. The summed E-state index contributed by atoms with van der Waals surface area (Å²) in [5, 5.41) is 0. The van der Waals surface area contributed by atoms with Crippen LogP contribution in [-0.4, -0.2) is 25.3 Å². The van der Waals surface area contributed by atoms with Crippen molar-refractivity contribution < 1.29 is 13.2 Å². The van der Waals surface area contributed by atoms with Gasteiger partial charge in [-0.05, 0) is 54.7 Å². The Hall–Kier alpha value is -2.30. The maximum Gasteiger partial charge on any atom is 0.416 e. The van der Waals surface area contributed by atoms with Gasteiger partial charge in [0.1, 0.15) is 0 Å². The number of nitrogens with zero attached hydrogens (tertiary/aromatic N) is 2. The molecule has 0 bridgehead atoms. The summed E-state index contributed by atoms with van der Waals surface area (Å²) in [6, 6.07) is 9.46. The zero-order chi connectivity index (χ0) is 17.9. The summed E-state index contributed by atoms with van der Waals surface area (Å²) in [6.07, 6.45) is -2.12. The quantitative estimate of drug-likeness (QED) is 0.559. The molecule has 0 aliphatic rings. The number of hydrogen-bond donors (Lipinski definition) is 0. The summed E-state index contributed by atoms with van der Waals surface area (Å²) in [4.78, 5) is 6.27. The van der Waals surface area contributed by atoms with Crippen molar-refractivity contribution in [1.29, 1.82) is 0 Å². The molecule has 0 saturated carbocycles. The Balaban J connectivity index is 2.29. The van der Waals surface area contributed by atoms with E-state index in [0.717, 1.165) is 28.4 Å². The van der Waals surface area contributed by atoms with Crippen LogP contribution in [0.3, 0.4) is 0 Å². The third-order valence-electron chi connectivity index (χ3n) is 3.73. The molecule has 2 nitrogen and oxygen atoms in total. The number of hydrogen-bond acceptors (Lipinski definition) is 1. The van der Waals surface area contributed by atoms with Crippen LogP contribution in [-0.2, 0) is 12.6 Å². The highest BCUT2D eigenvalue weighted by Crippen LogP contribution is 2.31. The molecule has 0 radical (unpaired) electrons. The third-order valence-corrected chi connectivity index (χ3v) is 3.73. The van der Waals surface area contributed by atoms with Crippen molar-refractivity contribution in [2.24, 2.45) is 4.99 Å². The first-order valence-corrected chi connectivity index (χ1v) is 7.63. The van der Waals surface area contributed by atoms with Crippen molar-refractivity contribution in [3.05, 3.63) is 64.2 Å². The smallest absolute Gasteiger partial charge is 0.369 e. The highest BCUT2D eigenvalue weighted by molar-refractivity contribution is 5.63. The molecule has 0 saturated heterocycles. The monoisotopic (exact) mass is 334 g/mol. The minimum atomic E-state index is -4.31. The Labute approximate surface area is 140 Å². The summed E-state index contributed by atoms with van der Waals surface area (Å²) in [7, 11) is 3.79. The fraction of sp³-hybridized carbons (Fsp3) is 0.316. The molecule has 0 aliphatic carbocycles. The van der Waals surface area contributed by atoms with E-state index in [-0.39, 0.29) is 0 Å². The average Bonchev–Trinajstić information content (AvgIpc) is 2.48. The van der Waals surface area contributed by atoms with E-state index in [9.17, 15) is 13.2 Å². The minimum absolute atomic E-state index is 0.467. The van der Waals surface area contributed by atoms with Crippen molar-refractivity contribution in [2.45, 2.75) is 26.4 Å². The van der Waals surface area contributed by atoms with Gasteiger partial charge in [-0.2, -0.15) is 13.2 Å². The van der Waals surface area contributed by atoms with Gasteiger partial charge < -0.3 is 4.90 Å². The lowest BCUT2D eigenvalue weighted by Gasteiger charge is -2.12. The van der Waals surface area contributed by atoms with Crippen LogP contribution >= 0.6 is 0 Å². The molecule has 0 atom stereocenters. The molecule has 0 aliphatic heterocycles. The lowest BCUT2D eigenvalue weighted by atomic mass is 9.96. The van der Waals surface area contributed by atoms with E-state index in [4.69, 9.17) is 0 Å². The van der Waals surface area contributed by atoms with Crippen molar-refractivity contribution >= 4 is 12.0 Å². The normalized spacial score (nSPS) is 12.0. The standard InChI is InChI=1S/C19H21F3N2/c1-13-9-18(23-12-24(3)4)14(2)8-16(13)10-15-6-5-7-17(11-15)19(20,21)22/h5-9,11-12H,10H2,1-4H3/b23-12-. The predicted molar refractivity (Wildman–Crippen MR) is 92.0 cm³/mol. The van der Waals surface area contributed by atoms with Crippen LogP contribution in [0.1, 0.15) is 27.8 Å². The van der Waals surface area contributed by atoms with Gasteiger partial charge in [-0.25, -0.2) is 4.99 Å². The van der Waals surface area contributed by atoms with E-state index in [0.29, 0.717) is 12.0 Å². The number of alkyl halides is 3. The number of rotatable bonds is 4. The Morgan fingerprint density at radius 1 is 1.04 bits per heavy atom. The average molecular weight is 334 g/mol. The van der Waals surface area contributed by atoms with Crippen molar-refractivity contribution in [3.63, 3.8) is 0 Å². The van der Waals surface area contributed by atoms with Crippen LogP contribution in [0.4, 0.5) is 18.9 Å². The second-order valence-corrected chi connectivity index (χ2v) is 6.15. The Morgan fingerprint density at radius 3 is 2.38 bits per heavy atom. The van der Waals surface area contributed by atoms with Gasteiger partial charge in [-0.1, -0.05) is 24.3 Å². The summed E-state index contributed by atoms with van der Waals surface area (Å²) in [5.41, 5.74) is 3.94. The van der Waals surface area contributed by atoms with Crippen LogP contribution in [0, 0.1) is 13.8 Å². The van der Waals surface area contributed by atoms with Crippen LogP contribution in [0.5, 0.6) is 0 Å². The van der Waals surface area contributed by atoms with Gasteiger partial charge in [-0.15, -0.1) is 0 Å². The molecule has 0 spiro atoms. The first-order valence-electron chi connectivity index (χ1n) is 7.63. The summed E-state index contributed by atoms with van der Waals surface area (Å²) in [5.74, 6) is 0. The summed E-state index contributed by atoms with van der Waals surface area (Å²) < 4.78 is 38.5. The molecule has 0 amide bonds. The zero-order valence-electron chi connectivity index (χ0n) is 14.3. The van der Waals surface area contributed by atoms with E-state index in [1.807, 2.05) is 45.0 Å². The maximum absolute atomic E-state index is 12.8. The molecule has 2 aromatic carbocycles. The fourth-order valence-corrected chi connectivity index (χ4v) is 2.45. The van der Waals surface area contributed by atoms with Crippen LogP contribution in [0.2, 0.25) is 0 Å². The Morgan fingerprint density at radius 2 is 1.75 bits per heavy atom. The van der Waals surface area contributed by atoms with Gasteiger partial charge in [0.05, 0.1) is 17.6 Å². The topological polar surface area (TPSA) is 15.6 Å². The molecule has 0 fully saturated rings. The first kappa shape index (κ1) is 18.0. The highest BCUT2D eigenvalue weighted by Gasteiger charge is 2.30. The second-order valence-electron chi connectivity index (χ2n) is 6.15. The number of aliphatic imine (C=N–C) groups is 1. The number of halogens is 3. The molecule has 0 unspecified atom stereocenters. The number of benzene rings is 2. The zero-order valence-corrected chi connectivity index (χ0v) is 14.3. The van der Waals surface area contributed by atoms with Crippen molar-refractivity contribution in [2.75, 3.05) is 14.1 Å². The van der Waals surface area contributed by atoms with Gasteiger partial charge in [0.25, 0.3) is 0 Å². The van der Waals surface area contributed by atoms with Gasteiger partial charge in [-0.3, -0.25) is 0 Å². The SMILES string of the molecule is Cc1cc(/N=C\N(C)C)c(C)cc1Cc1cccc(C(F)(F)F)c1. The van der Waals surface area contributed by atoms with E-state index in [1.165, 1.54) is 12.1 Å². The molecule has 0 aromatic heterocycles. The summed E-state index contributed by atoms with van der Waals surface area (Å²) >= 11 is 0. The molecule has 2 rings (SSSR count). The van der Waals surface area contributed by atoms with E-state index in [1.54, 1.807) is 12.4 Å². The highest BCUT2D eigenvalue weighted by atomic mass is 19.4. The van der Waals surface area contributed by atoms with Crippen LogP contribution in [0.15, 0.2) is 41.4 Å². The first-order chi connectivity index (χ1) is 11.2. The minimum Gasteiger partial charge on any atom is -0.369 e. The lowest BCUT2D eigenvalue weighted by molar-refractivity contribution is -0.137. The molecular weight excluding hydrogens is 313 g/mol. The van der Waals surface area contributed by atoms with E-state index in [2.05, 4.69) is 4.99 Å². The van der Waals surface area contributed by atoms with Crippen molar-refractivity contribution in [1.82, 2.24) is 4.90 Å². The largest absolute Gasteiger partial charge is 0.416 e. The van der Waals surface area contributed by atoms with Gasteiger partial charge in [0.15, 0.2) is 0 Å². The van der Waals surface area contributed by atoms with Crippen LogP contribution < -0.4 is 0 Å². The van der Waals surface area contributed by atoms with Gasteiger partial charge >= 0.3 is 6.18 Å². The molecule has 5 heteroatoms. The molecular formula is C19H21F3N2. The molecule has 0 heterocycles. The van der Waals surface area contributed by atoms with E-state index >= 15 is 0 Å². The lowest BCUT2D eigenvalue weighted by Crippen LogP contribution is -2.07. The molecule has 24 heavy (non-hydrogen) atoms. The second kappa shape index (κ2) is 7.07. The molecule has 128 valence electrons. The van der Waals surface area contributed by atoms with Crippen molar-refractivity contribution in [3.8, 4) is 0 Å². The van der Waals surface area contributed by atoms with Gasteiger partial charge in [0.2, 0.25) is 0 Å². The van der Waals surface area contributed by atoms with Gasteiger partial charge in [0, 0.05) is 14.1 Å². The molecule has 0 N–H and O–H groups in total. The van der Waals surface area contributed by atoms with E-state index < -0.39 is 11.7 Å². The summed E-state index contributed by atoms with van der Waals surface area (Å²) in [6.45, 7) is 3.91. The Bertz CT molecular complexity index is 747. The Kier molecular flexibility index (Phi) is 5.32. The maximum atomic E-state index is 12.8. The fourth-order valence-electron chi connectivity index (χ4n) is 2.45. The molecule has 2 aromatic rings. The predicted octanol–water partition coefficient (Wildman–Crippen LogP) is 5.13. The third kappa shape index (κ3) is 4.60. The van der Waals surface area contributed by atoms with Crippen LogP contribution in [0.25, 0.3) is 0 Å².